The molecule has 0 N–H and O–H groups in total. The van der Waals surface area contributed by atoms with Gasteiger partial charge in [-0.15, -0.1) is 0 Å². The van der Waals surface area contributed by atoms with E-state index in [0.29, 0.717) is 24.0 Å². The van der Waals surface area contributed by atoms with Gasteiger partial charge in [0.05, 0.1) is 6.10 Å². The first kappa shape index (κ1) is 26.9. The summed E-state index contributed by atoms with van der Waals surface area (Å²) in [4.78, 5) is 23.9. The Kier molecular flexibility index (Phi) is 14.0. The smallest absolute Gasteiger partial charge is 0.306 e. The first-order valence-electron chi connectivity index (χ1n) is 12.7. The van der Waals surface area contributed by atoms with E-state index in [0.717, 1.165) is 56.8 Å². The van der Waals surface area contributed by atoms with Gasteiger partial charge in [-0.25, -0.2) is 0 Å². The zero-order valence-corrected chi connectivity index (χ0v) is 20.5. The zero-order valence-electron chi connectivity index (χ0n) is 20.5. The Balaban J connectivity index is 2.30. The lowest BCUT2D eigenvalue weighted by molar-refractivity contribution is -0.147. The second kappa shape index (κ2) is 15.6. The number of unbranched alkanes of at least 4 members (excludes halogenated alkanes) is 5. The van der Waals surface area contributed by atoms with Crippen LogP contribution in [0.4, 0.5) is 0 Å². The van der Waals surface area contributed by atoms with Gasteiger partial charge < -0.3 is 4.74 Å². The van der Waals surface area contributed by atoms with Crippen LogP contribution in [-0.4, -0.2) is 17.9 Å². The topological polar surface area (TPSA) is 43.4 Å². The van der Waals surface area contributed by atoms with Gasteiger partial charge in [0.2, 0.25) is 0 Å². The molecule has 1 aliphatic carbocycles. The summed E-state index contributed by atoms with van der Waals surface area (Å²) in [5.74, 6) is 3.21. The predicted octanol–water partition coefficient (Wildman–Crippen LogP) is 7.67. The number of carbonyl (C=O) groups is 2. The van der Waals surface area contributed by atoms with Crippen molar-refractivity contribution in [2.24, 2.45) is 23.7 Å². The van der Waals surface area contributed by atoms with Crippen LogP contribution in [0.25, 0.3) is 0 Å². The van der Waals surface area contributed by atoms with E-state index in [1.165, 1.54) is 32.1 Å². The zero-order chi connectivity index (χ0) is 22.4. The Morgan fingerprint density at radius 3 is 2.30 bits per heavy atom. The third-order valence-electron chi connectivity index (χ3n) is 6.76. The summed E-state index contributed by atoms with van der Waals surface area (Å²) in [6.45, 7) is 10.8. The van der Waals surface area contributed by atoms with Crippen molar-refractivity contribution in [1.29, 1.82) is 0 Å². The summed E-state index contributed by atoms with van der Waals surface area (Å²) >= 11 is 0. The van der Waals surface area contributed by atoms with E-state index in [9.17, 15) is 9.59 Å². The van der Waals surface area contributed by atoms with E-state index in [1.54, 1.807) is 0 Å². The molecule has 0 saturated heterocycles. The monoisotopic (exact) mass is 420 g/mol. The van der Waals surface area contributed by atoms with Gasteiger partial charge in [0, 0.05) is 19.3 Å². The molecule has 0 bridgehead atoms. The highest BCUT2D eigenvalue weighted by atomic mass is 16.5. The maximum atomic E-state index is 12.3. The van der Waals surface area contributed by atoms with Crippen molar-refractivity contribution in [3.8, 4) is 0 Å². The van der Waals surface area contributed by atoms with Crippen LogP contribution >= 0.6 is 0 Å². The molecule has 0 radical (unpaired) electrons. The minimum Gasteiger partial charge on any atom is -0.463 e. The molecule has 3 heteroatoms. The summed E-state index contributed by atoms with van der Waals surface area (Å²) in [6, 6.07) is 0. The molecule has 4 atom stereocenters. The minimum absolute atomic E-state index is 0.0243. The number of ether oxygens (including phenoxy) is 1. The average molecular weight is 421 g/mol. The molecule has 3 nitrogen and oxygen atoms in total. The quantitative estimate of drug-likeness (QED) is 0.146. The number of hydrogen-bond donors (Lipinski definition) is 0. The fourth-order valence-electron chi connectivity index (χ4n) is 5.12. The Labute approximate surface area is 186 Å². The first-order valence-corrected chi connectivity index (χ1v) is 12.7. The largest absolute Gasteiger partial charge is 0.463 e. The summed E-state index contributed by atoms with van der Waals surface area (Å²) in [6.07, 6.45) is 17.9. The fraction of sp³-hybridized carbons (Fsp3) is 0.852. The first-order chi connectivity index (χ1) is 14.3. The van der Waals surface area contributed by atoms with E-state index in [2.05, 4.69) is 32.9 Å². The SMILES string of the molecule is CCCCCCCC(=O)CC[C@@H]1[C@@H](C/C=C\CCCC(=O)OC(C)C)[C@@H](C)C[C@H]1C. The number of ketones is 1. The molecular weight excluding hydrogens is 372 g/mol. The van der Waals surface area contributed by atoms with Crippen LogP contribution in [0.3, 0.4) is 0 Å². The van der Waals surface area contributed by atoms with Gasteiger partial charge in [0.25, 0.3) is 0 Å². The van der Waals surface area contributed by atoms with Gasteiger partial charge in [-0.05, 0) is 76.0 Å². The van der Waals surface area contributed by atoms with E-state index >= 15 is 0 Å². The highest BCUT2D eigenvalue weighted by Crippen LogP contribution is 2.45. The molecular formula is C27H48O3. The lowest BCUT2D eigenvalue weighted by Gasteiger charge is -2.23. The van der Waals surface area contributed by atoms with Gasteiger partial charge in [-0.1, -0.05) is 58.6 Å². The number of carbonyl (C=O) groups excluding carboxylic acids is 2. The van der Waals surface area contributed by atoms with Crippen LogP contribution in [-0.2, 0) is 14.3 Å². The molecule has 0 unspecified atom stereocenters. The predicted molar refractivity (Wildman–Crippen MR) is 126 cm³/mol. The molecule has 0 aliphatic heterocycles. The molecule has 0 aromatic carbocycles. The van der Waals surface area contributed by atoms with Gasteiger partial charge in [-0.3, -0.25) is 9.59 Å². The normalized spacial score (nSPS) is 24.1. The third kappa shape index (κ3) is 11.3. The Morgan fingerprint density at radius 2 is 1.60 bits per heavy atom. The molecule has 0 amide bonds. The molecule has 1 saturated carbocycles. The summed E-state index contributed by atoms with van der Waals surface area (Å²) in [5, 5.41) is 0. The van der Waals surface area contributed by atoms with Crippen molar-refractivity contribution in [3.05, 3.63) is 12.2 Å². The summed E-state index contributed by atoms with van der Waals surface area (Å²) in [7, 11) is 0. The van der Waals surface area contributed by atoms with Crippen molar-refractivity contribution in [3.63, 3.8) is 0 Å². The highest BCUT2D eigenvalue weighted by molar-refractivity contribution is 5.78. The third-order valence-corrected chi connectivity index (χ3v) is 6.76. The number of Topliss-reactive ketones (excluding diaryl/α,β-unsaturated/α-hetero) is 1. The van der Waals surface area contributed by atoms with Crippen molar-refractivity contribution in [2.45, 2.75) is 124 Å². The molecule has 0 heterocycles. The van der Waals surface area contributed by atoms with Crippen molar-refractivity contribution in [1.82, 2.24) is 0 Å². The van der Waals surface area contributed by atoms with E-state index < -0.39 is 0 Å². The van der Waals surface area contributed by atoms with Crippen LogP contribution in [0.15, 0.2) is 12.2 Å². The molecule has 1 fully saturated rings. The number of rotatable bonds is 16. The standard InChI is InChI=1S/C27H48O3/c1-6-7-8-9-12-15-24(28)18-19-26-23(5)20-22(4)25(26)16-13-10-11-14-17-27(29)30-21(2)3/h10,13,21-23,25-26H,6-9,11-12,14-20H2,1-5H3/b13-10-/t22-,23+,25-,26-/m0/s1. The second-order valence-corrected chi connectivity index (χ2v) is 9.90. The summed E-state index contributed by atoms with van der Waals surface area (Å²) in [5.41, 5.74) is 0. The average Bonchev–Trinajstić information content (AvgIpc) is 2.94. The molecule has 0 aromatic heterocycles. The maximum Gasteiger partial charge on any atom is 0.306 e. The molecule has 1 aliphatic rings. The van der Waals surface area contributed by atoms with Crippen LogP contribution in [0, 0.1) is 23.7 Å². The Morgan fingerprint density at radius 1 is 0.900 bits per heavy atom. The van der Waals surface area contributed by atoms with Gasteiger partial charge in [0.15, 0.2) is 0 Å². The van der Waals surface area contributed by atoms with Gasteiger partial charge in [-0.2, -0.15) is 0 Å². The van der Waals surface area contributed by atoms with Crippen LogP contribution in [0.5, 0.6) is 0 Å². The van der Waals surface area contributed by atoms with Crippen molar-refractivity contribution < 1.29 is 14.3 Å². The molecule has 174 valence electrons. The van der Waals surface area contributed by atoms with Crippen LogP contribution < -0.4 is 0 Å². The van der Waals surface area contributed by atoms with E-state index in [-0.39, 0.29) is 12.1 Å². The van der Waals surface area contributed by atoms with Crippen LogP contribution in [0.1, 0.15) is 118 Å². The maximum absolute atomic E-state index is 12.3. The number of allylic oxidation sites excluding steroid dienone is 2. The molecule has 0 aromatic rings. The van der Waals surface area contributed by atoms with Crippen molar-refractivity contribution >= 4 is 11.8 Å². The minimum atomic E-state index is -0.0910. The lowest BCUT2D eigenvalue weighted by Crippen LogP contribution is -2.17. The number of esters is 1. The Bertz CT molecular complexity index is 508. The van der Waals surface area contributed by atoms with Gasteiger partial charge in [0.1, 0.15) is 5.78 Å². The molecule has 1 rings (SSSR count). The van der Waals surface area contributed by atoms with Crippen molar-refractivity contribution in [2.75, 3.05) is 0 Å². The molecule has 30 heavy (non-hydrogen) atoms. The second-order valence-electron chi connectivity index (χ2n) is 9.90. The van der Waals surface area contributed by atoms with Gasteiger partial charge >= 0.3 is 5.97 Å². The summed E-state index contributed by atoms with van der Waals surface area (Å²) < 4.78 is 5.18. The number of hydrogen-bond acceptors (Lipinski definition) is 3. The molecule has 0 spiro atoms. The highest BCUT2D eigenvalue weighted by Gasteiger charge is 2.37. The van der Waals surface area contributed by atoms with Crippen LogP contribution in [0.2, 0.25) is 0 Å². The Hall–Kier alpha value is -1.12. The fourth-order valence-corrected chi connectivity index (χ4v) is 5.12. The van der Waals surface area contributed by atoms with E-state index in [4.69, 9.17) is 4.74 Å². The van der Waals surface area contributed by atoms with E-state index in [1.807, 2.05) is 13.8 Å². The lowest BCUT2D eigenvalue weighted by atomic mass is 9.81.